The van der Waals surface area contributed by atoms with E-state index < -0.39 is 0 Å². The molecule has 3 aromatic rings. The van der Waals surface area contributed by atoms with Crippen LogP contribution in [-0.4, -0.2) is 0 Å². The van der Waals surface area contributed by atoms with E-state index in [1.165, 1.54) is 27.6 Å². The Morgan fingerprint density at radius 1 is 1.00 bits per heavy atom. The molecule has 3 rings (SSSR count). The molecule has 0 aliphatic rings. The summed E-state index contributed by atoms with van der Waals surface area (Å²) in [5, 5.41) is 1.22. The predicted molar refractivity (Wildman–Crippen MR) is 80.4 cm³/mol. The Morgan fingerprint density at radius 3 is 2.53 bits per heavy atom. The standard InChI is InChI=1S/C18H18O/c1-3-7-15-13(2)10-11-16-17(12-19-18(15)16)14-8-5-4-6-9-14/h4-6,8-12H,3,7H2,1-2H3. The molecule has 0 unspecified atom stereocenters. The molecule has 0 radical (unpaired) electrons. The lowest BCUT2D eigenvalue weighted by atomic mass is 9.98. The normalized spacial score (nSPS) is 11.1. The molecule has 0 N–H and O–H groups in total. The molecule has 0 atom stereocenters. The van der Waals surface area contributed by atoms with Gasteiger partial charge in [-0.15, -0.1) is 0 Å². The zero-order chi connectivity index (χ0) is 13.2. The highest BCUT2D eigenvalue weighted by atomic mass is 16.3. The second-order valence-corrected chi connectivity index (χ2v) is 5.00. The molecule has 0 amide bonds. The minimum Gasteiger partial charge on any atom is -0.463 e. The van der Waals surface area contributed by atoms with Gasteiger partial charge in [-0.25, -0.2) is 0 Å². The van der Waals surface area contributed by atoms with Crippen molar-refractivity contribution in [2.45, 2.75) is 26.7 Å². The summed E-state index contributed by atoms with van der Waals surface area (Å²) in [5.74, 6) is 0. The largest absolute Gasteiger partial charge is 0.463 e. The van der Waals surface area contributed by atoms with E-state index in [1.807, 2.05) is 12.3 Å². The number of aryl methyl sites for hydroxylation is 2. The molecule has 0 saturated heterocycles. The van der Waals surface area contributed by atoms with Crippen LogP contribution in [0.25, 0.3) is 22.1 Å². The molecule has 0 spiro atoms. The van der Waals surface area contributed by atoms with Crippen LogP contribution in [-0.2, 0) is 6.42 Å². The molecular weight excluding hydrogens is 232 g/mol. The second-order valence-electron chi connectivity index (χ2n) is 5.00. The summed E-state index contributed by atoms with van der Waals surface area (Å²) in [4.78, 5) is 0. The highest BCUT2D eigenvalue weighted by Gasteiger charge is 2.12. The molecule has 0 bridgehead atoms. The molecule has 1 heterocycles. The van der Waals surface area contributed by atoms with E-state index in [4.69, 9.17) is 4.42 Å². The second kappa shape index (κ2) is 4.93. The number of hydrogen-bond acceptors (Lipinski definition) is 1. The third-order valence-corrected chi connectivity index (χ3v) is 3.66. The molecule has 19 heavy (non-hydrogen) atoms. The van der Waals surface area contributed by atoms with E-state index >= 15 is 0 Å². The van der Waals surface area contributed by atoms with Crippen LogP contribution < -0.4 is 0 Å². The Bertz CT molecular complexity index is 692. The first-order valence-electron chi connectivity index (χ1n) is 6.86. The van der Waals surface area contributed by atoms with Gasteiger partial charge in [-0.1, -0.05) is 55.8 Å². The third kappa shape index (κ3) is 2.06. The predicted octanol–water partition coefficient (Wildman–Crippen LogP) is 5.36. The van der Waals surface area contributed by atoms with Gasteiger partial charge in [0.25, 0.3) is 0 Å². The Labute approximate surface area is 113 Å². The molecule has 2 aromatic carbocycles. The summed E-state index contributed by atoms with van der Waals surface area (Å²) in [6.45, 7) is 4.37. The van der Waals surface area contributed by atoms with Crippen molar-refractivity contribution in [3.05, 3.63) is 59.9 Å². The fourth-order valence-corrected chi connectivity index (χ4v) is 2.66. The van der Waals surface area contributed by atoms with Crippen molar-refractivity contribution >= 4 is 11.0 Å². The van der Waals surface area contributed by atoms with Crippen LogP contribution in [0.3, 0.4) is 0 Å². The van der Waals surface area contributed by atoms with Gasteiger partial charge in [0.2, 0.25) is 0 Å². The van der Waals surface area contributed by atoms with E-state index in [1.54, 1.807) is 0 Å². The Kier molecular flexibility index (Phi) is 3.12. The van der Waals surface area contributed by atoms with Crippen molar-refractivity contribution in [3.8, 4) is 11.1 Å². The average molecular weight is 250 g/mol. The van der Waals surface area contributed by atoms with Gasteiger partial charge in [0.15, 0.2) is 0 Å². The highest BCUT2D eigenvalue weighted by Crippen LogP contribution is 2.33. The third-order valence-electron chi connectivity index (χ3n) is 3.66. The molecule has 96 valence electrons. The lowest BCUT2D eigenvalue weighted by Gasteiger charge is -2.05. The van der Waals surface area contributed by atoms with Crippen LogP contribution in [0.1, 0.15) is 24.5 Å². The summed E-state index contributed by atoms with van der Waals surface area (Å²) >= 11 is 0. The zero-order valence-electron chi connectivity index (χ0n) is 11.4. The molecule has 0 saturated carbocycles. The Balaban J connectivity index is 2.22. The summed E-state index contributed by atoms with van der Waals surface area (Å²) in [5.41, 5.74) is 6.13. The summed E-state index contributed by atoms with van der Waals surface area (Å²) in [6.07, 6.45) is 4.10. The van der Waals surface area contributed by atoms with Crippen LogP contribution in [0, 0.1) is 6.92 Å². The zero-order valence-corrected chi connectivity index (χ0v) is 11.4. The van der Waals surface area contributed by atoms with Crippen LogP contribution >= 0.6 is 0 Å². The topological polar surface area (TPSA) is 13.1 Å². The van der Waals surface area contributed by atoms with Gasteiger partial charge < -0.3 is 4.42 Å². The minimum atomic E-state index is 1.06. The van der Waals surface area contributed by atoms with E-state index in [2.05, 4.69) is 50.2 Å². The number of benzene rings is 2. The van der Waals surface area contributed by atoms with Crippen LogP contribution in [0.4, 0.5) is 0 Å². The maximum absolute atomic E-state index is 5.87. The molecule has 0 fully saturated rings. The minimum absolute atomic E-state index is 1.06. The molecule has 1 heteroatoms. The highest BCUT2D eigenvalue weighted by molar-refractivity contribution is 5.96. The van der Waals surface area contributed by atoms with Crippen LogP contribution in [0.2, 0.25) is 0 Å². The molecule has 0 aliphatic heterocycles. The van der Waals surface area contributed by atoms with Crippen molar-refractivity contribution in [2.75, 3.05) is 0 Å². The van der Waals surface area contributed by atoms with Crippen molar-refractivity contribution < 1.29 is 4.42 Å². The van der Waals surface area contributed by atoms with Gasteiger partial charge in [0.05, 0.1) is 6.26 Å². The lowest BCUT2D eigenvalue weighted by molar-refractivity contribution is 0.610. The fourth-order valence-electron chi connectivity index (χ4n) is 2.66. The molecular formula is C18H18O. The Hall–Kier alpha value is -2.02. The van der Waals surface area contributed by atoms with E-state index in [0.29, 0.717) is 0 Å². The molecule has 1 nitrogen and oxygen atoms in total. The average Bonchev–Trinajstić information content (AvgIpc) is 2.87. The van der Waals surface area contributed by atoms with E-state index in [9.17, 15) is 0 Å². The summed E-state index contributed by atoms with van der Waals surface area (Å²) in [6, 6.07) is 14.8. The summed E-state index contributed by atoms with van der Waals surface area (Å²) in [7, 11) is 0. The van der Waals surface area contributed by atoms with Gasteiger partial charge in [-0.3, -0.25) is 0 Å². The van der Waals surface area contributed by atoms with Crippen LogP contribution in [0.5, 0.6) is 0 Å². The van der Waals surface area contributed by atoms with Crippen molar-refractivity contribution in [2.24, 2.45) is 0 Å². The SMILES string of the molecule is CCCc1c(C)ccc2c(-c3ccccc3)coc12. The Morgan fingerprint density at radius 2 is 1.79 bits per heavy atom. The van der Waals surface area contributed by atoms with E-state index in [-0.39, 0.29) is 0 Å². The molecule has 0 aliphatic carbocycles. The van der Waals surface area contributed by atoms with Crippen molar-refractivity contribution in [1.29, 1.82) is 0 Å². The number of hydrogen-bond donors (Lipinski definition) is 0. The molecule has 1 aromatic heterocycles. The number of rotatable bonds is 3. The summed E-state index contributed by atoms with van der Waals surface area (Å²) < 4.78 is 5.87. The lowest BCUT2D eigenvalue weighted by Crippen LogP contribution is -1.89. The number of fused-ring (bicyclic) bond motifs is 1. The van der Waals surface area contributed by atoms with Gasteiger partial charge in [0, 0.05) is 10.9 Å². The first kappa shape index (κ1) is 12.0. The fraction of sp³-hybridized carbons (Fsp3) is 0.222. The maximum Gasteiger partial charge on any atom is 0.137 e. The van der Waals surface area contributed by atoms with Crippen molar-refractivity contribution in [1.82, 2.24) is 0 Å². The van der Waals surface area contributed by atoms with Crippen molar-refractivity contribution in [3.63, 3.8) is 0 Å². The quantitative estimate of drug-likeness (QED) is 0.609. The van der Waals surface area contributed by atoms with Crippen LogP contribution in [0.15, 0.2) is 53.1 Å². The first-order valence-corrected chi connectivity index (χ1v) is 6.86. The maximum atomic E-state index is 5.87. The van der Waals surface area contributed by atoms with E-state index in [0.717, 1.165) is 18.4 Å². The monoisotopic (exact) mass is 250 g/mol. The van der Waals surface area contributed by atoms with Gasteiger partial charge in [-0.2, -0.15) is 0 Å². The van der Waals surface area contributed by atoms with Gasteiger partial charge in [0.1, 0.15) is 5.58 Å². The first-order chi connectivity index (χ1) is 9.31. The van der Waals surface area contributed by atoms with Gasteiger partial charge in [-0.05, 0) is 30.0 Å². The van der Waals surface area contributed by atoms with Gasteiger partial charge >= 0.3 is 0 Å². The smallest absolute Gasteiger partial charge is 0.137 e. The number of furan rings is 1.